The number of hydrogen-bond acceptors (Lipinski definition) is 5. The summed E-state index contributed by atoms with van der Waals surface area (Å²) < 4.78 is 43.9. The van der Waals surface area contributed by atoms with Crippen molar-refractivity contribution in [2.75, 3.05) is 13.1 Å². The van der Waals surface area contributed by atoms with Crippen molar-refractivity contribution in [3.05, 3.63) is 15.6 Å². The first-order valence-electron chi connectivity index (χ1n) is 7.17. The lowest BCUT2D eigenvalue weighted by Gasteiger charge is -2.24. The number of likely N-dealkylation sites (tertiary alicyclic amines) is 1. The number of carbonyl (C=O) groups is 2. The molecule has 2 rings (SSSR count). The number of amides is 1. The van der Waals surface area contributed by atoms with Crippen LogP contribution in [0.25, 0.3) is 0 Å². The molecule has 0 bridgehead atoms. The lowest BCUT2D eigenvalue weighted by molar-refractivity contribution is -0.141. The SMILES string of the molecule is CC(C)(C)OC(=O)N1CCC(c2nc(C(F)(F)F)c(C(=O)O)s2)C1. The van der Waals surface area contributed by atoms with E-state index in [4.69, 9.17) is 9.84 Å². The number of rotatable bonds is 2. The van der Waals surface area contributed by atoms with E-state index in [0.717, 1.165) is 0 Å². The third-order valence-corrected chi connectivity index (χ3v) is 4.50. The van der Waals surface area contributed by atoms with Gasteiger partial charge in [-0.15, -0.1) is 11.3 Å². The summed E-state index contributed by atoms with van der Waals surface area (Å²) in [5.41, 5.74) is -2.05. The molecule has 10 heteroatoms. The van der Waals surface area contributed by atoms with Gasteiger partial charge in [0.15, 0.2) is 5.69 Å². The normalized spacial score (nSPS) is 18.8. The molecule has 0 saturated carbocycles. The molecular formula is C14H17F3N2O4S. The zero-order valence-corrected chi connectivity index (χ0v) is 14.1. The molecule has 0 aliphatic carbocycles. The van der Waals surface area contributed by atoms with Gasteiger partial charge in [0, 0.05) is 19.0 Å². The van der Waals surface area contributed by atoms with Gasteiger partial charge in [-0.25, -0.2) is 14.6 Å². The van der Waals surface area contributed by atoms with Crippen LogP contribution < -0.4 is 0 Å². The number of thiazole rings is 1. The van der Waals surface area contributed by atoms with Crippen LogP contribution in [0.3, 0.4) is 0 Å². The van der Waals surface area contributed by atoms with Crippen molar-refractivity contribution < 1.29 is 32.6 Å². The number of hydrogen-bond donors (Lipinski definition) is 1. The minimum Gasteiger partial charge on any atom is -0.477 e. The molecular weight excluding hydrogens is 349 g/mol. The van der Waals surface area contributed by atoms with E-state index in [2.05, 4.69) is 4.98 Å². The Balaban J connectivity index is 2.17. The van der Waals surface area contributed by atoms with Crippen LogP contribution in [-0.4, -0.2) is 45.7 Å². The number of carboxylic acid groups (broad SMARTS) is 1. The Hall–Kier alpha value is -1.84. The number of aromatic carboxylic acids is 1. The van der Waals surface area contributed by atoms with E-state index in [1.807, 2.05) is 0 Å². The minimum absolute atomic E-state index is 0.0748. The second-order valence-corrected chi connectivity index (χ2v) is 7.48. The standard InChI is InChI=1S/C14H17F3N2O4S/c1-13(2,3)23-12(22)19-5-4-7(6-19)10-18-9(14(15,16)17)8(24-10)11(20)21/h7H,4-6H2,1-3H3,(H,20,21). The molecule has 1 unspecified atom stereocenters. The molecule has 1 N–H and O–H groups in total. The van der Waals surface area contributed by atoms with Crippen molar-refractivity contribution >= 4 is 23.4 Å². The highest BCUT2D eigenvalue weighted by molar-refractivity contribution is 7.13. The molecule has 0 aromatic carbocycles. The van der Waals surface area contributed by atoms with Crippen molar-refractivity contribution in [1.82, 2.24) is 9.88 Å². The molecule has 134 valence electrons. The Labute approximate surface area is 140 Å². The highest BCUT2D eigenvalue weighted by Crippen LogP contribution is 2.38. The number of halogens is 3. The fourth-order valence-electron chi connectivity index (χ4n) is 2.30. The summed E-state index contributed by atoms with van der Waals surface area (Å²) in [6.07, 6.45) is -4.97. The first-order chi connectivity index (χ1) is 10.9. The third-order valence-electron chi connectivity index (χ3n) is 3.30. The number of carbonyl (C=O) groups excluding carboxylic acids is 1. The highest BCUT2D eigenvalue weighted by atomic mass is 32.1. The predicted molar refractivity (Wildman–Crippen MR) is 79.2 cm³/mol. The second kappa shape index (κ2) is 6.23. The van der Waals surface area contributed by atoms with Gasteiger partial charge in [0.1, 0.15) is 10.5 Å². The number of nitrogens with zero attached hydrogens (tertiary/aromatic N) is 2. The van der Waals surface area contributed by atoms with E-state index in [0.29, 0.717) is 24.3 Å². The Morgan fingerprint density at radius 1 is 1.33 bits per heavy atom. The fourth-order valence-corrected chi connectivity index (χ4v) is 3.35. The smallest absolute Gasteiger partial charge is 0.435 e. The van der Waals surface area contributed by atoms with Crippen LogP contribution >= 0.6 is 11.3 Å². The van der Waals surface area contributed by atoms with Crippen molar-refractivity contribution in [3.8, 4) is 0 Å². The van der Waals surface area contributed by atoms with Gasteiger partial charge in [-0.3, -0.25) is 0 Å². The molecule has 0 spiro atoms. The molecule has 1 aliphatic rings. The third kappa shape index (κ3) is 4.16. The maximum Gasteiger partial charge on any atom is 0.435 e. The predicted octanol–water partition coefficient (Wildman–Crippen LogP) is 3.58. The zero-order chi connectivity index (χ0) is 18.3. The highest BCUT2D eigenvalue weighted by Gasteiger charge is 2.41. The molecule has 1 aliphatic heterocycles. The Kier molecular flexibility index (Phi) is 4.80. The van der Waals surface area contributed by atoms with E-state index in [9.17, 15) is 22.8 Å². The van der Waals surface area contributed by atoms with Crippen LogP contribution in [0.15, 0.2) is 0 Å². The van der Waals surface area contributed by atoms with Gasteiger partial charge in [-0.2, -0.15) is 13.2 Å². The quantitative estimate of drug-likeness (QED) is 0.865. The molecule has 1 atom stereocenters. The molecule has 24 heavy (non-hydrogen) atoms. The van der Waals surface area contributed by atoms with Crippen LogP contribution in [0.2, 0.25) is 0 Å². The van der Waals surface area contributed by atoms with Crippen LogP contribution in [0.1, 0.15) is 53.5 Å². The maximum absolute atomic E-state index is 12.9. The Morgan fingerprint density at radius 3 is 2.42 bits per heavy atom. The first-order valence-corrected chi connectivity index (χ1v) is 7.99. The number of ether oxygens (including phenoxy) is 1. The van der Waals surface area contributed by atoms with Crippen molar-refractivity contribution in [2.24, 2.45) is 0 Å². The largest absolute Gasteiger partial charge is 0.477 e. The molecule has 1 saturated heterocycles. The fraction of sp³-hybridized carbons (Fsp3) is 0.643. The average Bonchev–Trinajstić information content (AvgIpc) is 3.02. The maximum atomic E-state index is 12.9. The summed E-state index contributed by atoms with van der Waals surface area (Å²) in [7, 11) is 0. The van der Waals surface area contributed by atoms with E-state index >= 15 is 0 Å². The van der Waals surface area contributed by atoms with Crippen molar-refractivity contribution in [1.29, 1.82) is 0 Å². The molecule has 2 heterocycles. The van der Waals surface area contributed by atoms with Gasteiger partial charge in [-0.05, 0) is 27.2 Å². The van der Waals surface area contributed by atoms with Crippen LogP contribution in [0.4, 0.5) is 18.0 Å². The first kappa shape index (κ1) is 18.5. The van der Waals surface area contributed by atoms with Crippen LogP contribution in [0.5, 0.6) is 0 Å². The molecule has 1 fully saturated rings. The monoisotopic (exact) mass is 366 g/mol. The van der Waals surface area contributed by atoms with E-state index in [1.54, 1.807) is 20.8 Å². The van der Waals surface area contributed by atoms with Gasteiger partial charge in [0.2, 0.25) is 0 Å². The van der Waals surface area contributed by atoms with Gasteiger partial charge >= 0.3 is 18.2 Å². The summed E-state index contributed by atoms with van der Waals surface area (Å²) in [6, 6.07) is 0. The number of aromatic nitrogens is 1. The molecule has 1 aromatic heterocycles. The topological polar surface area (TPSA) is 79.7 Å². The van der Waals surface area contributed by atoms with Gasteiger partial charge < -0.3 is 14.7 Å². The molecule has 1 amide bonds. The van der Waals surface area contributed by atoms with Crippen molar-refractivity contribution in [2.45, 2.75) is 44.9 Å². The van der Waals surface area contributed by atoms with Gasteiger partial charge in [0.25, 0.3) is 0 Å². The summed E-state index contributed by atoms with van der Waals surface area (Å²) in [6.45, 7) is 5.62. The average molecular weight is 366 g/mol. The van der Waals surface area contributed by atoms with Crippen LogP contribution in [0, 0.1) is 0 Å². The summed E-state index contributed by atoms with van der Waals surface area (Å²) in [4.78, 5) is 27.1. The molecule has 1 aromatic rings. The molecule has 6 nitrogen and oxygen atoms in total. The number of carboxylic acids is 1. The Morgan fingerprint density at radius 2 is 1.96 bits per heavy atom. The van der Waals surface area contributed by atoms with Gasteiger partial charge in [-0.1, -0.05) is 0 Å². The lowest BCUT2D eigenvalue weighted by atomic mass is 10.1. The van der Waals surface area contributed by atoms with Crippen LogP contribution in [-0.2, 0) is 10.9 Å². The van der Waals surface area contributed by atoms with Gasteiger partial charge in [0.05, 0.1) is 5.01 Å². The van der Waals surface area contributed by atoms with E-state index < -0.39 is 40.3 Å². The van der Waals surface area contributed by atoms with E-state index in [1.165, 1.54) is 4.90 Å². The van der Waals surface area contributed by atoms with Crippen molar-refractivity contribution in [3.63, 3.8) is 0 Å². The van der Waals surface area contributed by atoms with E-state index in [-0.39, 0.29) is 11.6 Å². The summed E-state index contributed by atoms with van der Waals surface area (Å²) in [5, 5.41) is 9.01. The summed E-state index contributed by atoms with van der Waals surface area (Å²) >= 11 is 0.509. The molecule has 0 radical (unpaired) electrons. The number of alkyl halides is 3. The Bertz CT molecular complexity index is 651. The summed E-state index contributed by atoms with van der Waals surface area (Å²) in [5.74, 6) is -2.09. The lowest BCUT2D eigenvalue weighted by Crippen LogP contribution is -2.35. The zero-order valence-electron chi connectivity index (χ0n) is 13.3. The second-order valence-electron chi connectivity index (χ2n) is 6.44. The minimum atomic E-state index is -4.83.